The van der Waals surface area contributed by atoms with Crippen LogP contribution in [0.3, 0.4) is 0 Å². The first-order valence-corrected chi connectivity index (χ1v) is 9.28. The Kier molecular flexibility index (Phi) is 7.88. The lowest BCUT2D eigenvalue weighted by Gasteiger charge is -2.16. The number of amides is 1. The van der Waals surface area contributed by atoms with Crippen molar-refractivity contribution < 1.29 is 9.53 Å². The van der Waals surface area contributed by atoms with E-state index in [1.807, 2.05) is 44.2 Å². The average molecular weight is 401 g/mol. The van der Waals surface area contributed by atoms with Gasteiger partial charge in [0.1, 0.15) is 11.4 Å². The van der Waals surface area contributed by atoms with Gasteiger partial charge in [-0.25, -0.2) is 0 Å². The van der Waals surface area contributed by atoms with Crippen LogP contribution in [-0.4, -0.2) is 17.6 Å². The van der Waals surface area contributed by atoms with Crippen LogP contribution in [0, 0.1) is 11.8 Å². The van der Waals surface area contributed by atoms with Crippen molar-refractivity contribution in [3.8, 4) is 5.75 Å². The lowest BCUT2D eigenvalue weighted by Crippen LogP contribution is -2.48. The van der Waals surface area contributed by atoms with Crippen LogP contribution < -0.4 is 20.9 Å². The van der Waals surface area contributed by atoms with Crippen molar-refractivity contribution >= 4 is 28.9 Å². The van der Waals surface area contributed by atoms with E-state index in [-0.39, 0.29) is 18.4 Å². The van der Waals surface area contributed by atoms with Crippen molar-refractivity contribution in [1.82, 2.24) is 16.2 Å². The average Bonchev–Trinajstić information content (AvgIpc) is 2.69. The first-order valence-electron chi connectivity index (χ1n) is 8.88. The third kappa shape index (κ3) is 6.31. The van der Waals surface area contributed by atoms with Crippen LogP contribution in [0.5, 0.6) is 5.75 Å². The molecule has 7 nitrogen and oxygen atoms in total. The van der Waals surface area contributed by atoms with E-state index in [0.717, 1.165) is 11.1 Å². The second-order valence-corrected chi connectivity index (χ2v) is 6.96. The number of ether oxygens (including phenoxy) is 1. The fraction of sp³-hybridized carbons (Fsp3) is 0.300. The molecule has 0 bridgehead atoms. The minimum absolute atomic E-state index is 0.118. The summed E-state index contributed by atoms with van der Waals surface area (Å²) in [6.07, 6.45) is 0. The number of benzene rings is 2. The van der Waals surface area contributed by atoms with Gasteiger partial charge < -0.3 is 10.1 Å². The van der Waals surface area contributed by atoms with Gasteiger partial charge in [-0.3, -0.25) is 15.6 Å². The van der Waals surface area contributed by atoms with Gasteiger partial charge in [-0.2, -0.15) is 0 Å². The van der Waals surface area contributed by atoms with Crippen molar-refractivity contribution in [2.45, 2.75) is 33.2 Å². The second-order valence-electron chi connectivity index (χ2n) is 6.55. The molecule has 0 heterocycles. The maximum atomic E-state index is 12.0. The van der Waals surface area contributed by atoms with E-state index in [4.69, 9.17) is 17.0 Å². The molecule has 3 N–H and O–H groups in total. The summed E-state index contributed by atoms with van der Waals surface area (Å²) in [6, 6.07) is 13.2. The van der Waals surface area contributed by atoms with Gasteiger partial charge in [0.2, 0.25) is 0 Å². The third-order valence-corrected chi connectivity index (χ3v) is 4.27. The summed E-state index contributed by atoms with van der Waals surface area (Å²) >= 11 is 5.13. The monoisotopic (exact) mass is 400 g/mol. The minimum Gasteiger partial charge on any atom is -0.483 e. The molecule has 0 saturated carbocycles. The Bertz CT molecular complexity index is 841. The smallest absolute Gasteiger partial charge is 0.276 e. The molecule has 0 unspecified atom stereocenters. The van der Waals surface area contributed by atoms with Crippen molar-refractivity contribution in [2.75, 3.05) is 6.61 Å². The zero-order valence-electron chi connectivity index (χ0n) is 16.1. The molecule has 0 aliphatic carbocycles. The van der Waals surface area contributed by atoms with Gasteiger partial charge in [0.15, 0.2) is 11.7 Å². The van der Waals surface area contributed by atoms with Crippen molar-refractivity contribution in [1.29, 1.82) is 0 Å². The minimum atomic E-state index is -0.381. The van der Waals surface area contributed by atoms with E-state index in [0.29, 0.717) is 28.7 Å². The van der Waals surface area contributed by atoms with Gasteiger partial charge in [-0.05, 0) is 59.1 Å². The molecule has 8 heteroatoms. The largest absolute Gasteiger partial charge is 0.483 e. The summed E-state index contributed by atoms with van der Waals surface area (Å²) in [5.74, 6) is 0.292. The quantitative estimate of drug-likeness (QED) is 0.374. The molecule has 0 spiro atoms. The van der Waals surface area contributed by atoms with E-state index < -0.39 is 0 Å². The molecule has 0 fully saturated rings. The molecule has 2 aromatic carbocycles. The number of carbonyl (C=O) groups excluding carboxylic acids is 1. The maximum absolute atomic E-state index is 12.0. The molecule has 28 heavy (non-hydrogen) atoms. The topological polar surface area (TPSA) is 91.8 Å². The predicted octanol–water partition coefficient (Wildman–Crippen LogP) is 3.59. The fourth-order valence-electron chi connectivity index (χ4n) is 2.49. The van der Waals surface area contributed by atoms with Crippen molar-refractivity contribution in [3.63, 3.8) is 0 Å². The molecule has 0 radical (unpaired) electrons. The molecule has 1 amide bonds. The van der Waals surface area contributed by atoms with E-state index >= 15 is 0 Å². The van der Waals surface area contributed by atoms with E-state index in [9.17, 15) is 9.70 Å². The maximum Gasteiger partial charge on any atom is 0.276 e. The fourth-order valence-corrected chi connectivity index (χ4v) is 2.61. The van der Waals surface area contributed by atoms with Gasteiger partial charge in [-0.15, -0.1) is 4.91 Å². The number of carbonyl (C=O) groups is 1. The van der Waals surface area contributed by atoms with Crippen LogP contribution in [0.15, 0.2) is 47.6 Å². The van der Waals surface area contributed by atoms with Gasteiger partial charge in [0, 0.05) is 6.54 Å². The molecule has 0 aromatic heterocycles. The number of hydrogen-bond donors (Lipinski definition) is 3. The molecule has 2 aromatic rings. The first kappa shape index (κ1) is 21.3. The molecule has 0 aliphatic heterocycles. The Morgan fingerprint density at radius 2 is 1.89 bits per heavy atom. The molecular weight excluding hydrogens is 376 g/mol. The summed E-state index contributed by atoms with van der Waals surface area (Å²) < 4.78 is 5.64. The summed E-state index contributed by atoms with van der Waals surface area (Å²) in [4.78, 5) is 22.9. The van der Waals surface area contributed by atoms with Gasteiger partial charge in [0.05, 0.1) is 0 Å². The number of rotatable bonds is 7. The van der Waals surface area contributed by atoms with Crippen LogP contribution in [0.25, 0.3) is 0 Å². The predicted molar refractivity (Wildman–Crippen MR) is 113 cm³/mol. The zero-order chi connectivity index (χ0) is 20.5. The number of hydrazine groups is 1. The first-order chi connectivity index (χ1) is 13.4. The standard InChI is InChI=1S/C20H24N4O3S/c1-13(2)16-10-17(24-26)14(3)9-18(16)27-12-19(25)22-23-20(28)21-11-15-7-5-4-6-8-15/h4-10,13H,11-12H2,1-3H3,(H,22,25)(H2,21,23,28). The molecule has 0 atom stereocenters. The number of hydrogen-bond acceptors (Lipinski definition) is 5. The summed E-state index contributed by atoms with van der Waals surface area (Å²) in [5.41, 5.74) is 8.09. The Balaban J connectivity index is 1.83. The Hall–Kier alpha value is -3.00. The Morgan fingerprint density at radius 1 is 1.18 bits per heavy atom. The van der Waals surface area contributed by atoms with Gasteiger partial charge in [0.25, 0.3) is 5.91 Å². The zero-order valence-corrected chi connectivity index (χ0v) is 16.9. The highest BCUT2D eigenvalue weighted by molar-refractivity contribution is 7.80. The van der Waals surface area contributed by atoms with Crippen LogP contribution in [-0.2, 0) is 11.3 Å². The van der Waals surface area contributed by atoms with Crippen LogP contribution >= 0.6 is 12.2 Å². The Morgan fingerprint density at radius 3 is 2.54 bits per heavy atom. The highest BCUT2D eigenvalue weighted by Crippen LogP contribution is 2.33. The normalized spacial score (nSPS) is 10.3. The molecule has 0 aliphatic rings. The van der Waals surface area contributed by atoms with Crippen LogP contribution in [0.2, 0.25) is 0 Å². The van der Waals surface area contributed by atoms with E-state index in [1.165, 1.54) is 0 Å². The second kappa shape index (κ2) is 10.4. The number of nitroso groups, excluding NO2 is 1. The number of aryl methyl sites for hydroxylation is 1. The molecular formula is C20H24N4O3S. The Labute approximate surface area is 169 Å². The molecule has 148 valence electrons. The summed E-state index contributed by atoms with van der Waals surface area (Å²) in [5, 5.41) is 6.32. The third-order valence-electron chi connectivity index (χ3n) is 4.02. The molecule has 2 rings (SSSR count). The number of nitrogens with zero attached hydrogens (tertiary/aromatic N) is 1. The van der Waals surface area contributed by atoms with Crippen molar-refractivity contribution in [2.24, 2.45) is 5.18 Å². The van der Waals surface area contributed by atoms with E-state index in [2.05, 4.69) is 21.3 Å². The number of thiocarbonyl (C=S) groups is 1. The highest BCUT2D eigenvalue weighted by Gasteiger charge is 2.14. The molecule has 0 saturated heterocycles. The summed E-state index contributed by atoms with van der Waals surface area (Å²) in [6.45, 7) is 6.08. The van der Waals surface area contributed by atoms with Crippen LogP contribution in [0.4, 0.5) is 5.69 Å². The van der Waals surface area contributed by atoms with Crippen LogP contribution in [0.1, 0.15) is 36.5 Å². The van der Waals surface area contributed by atoms with Gasteiger partial charge in [-0.1, -0.05) is 44.2 Å². The lowest BCUT2D eigenvalue weighted by molar-refractivity contribution is -0.123. The lowest BCUT2D eigenvalue weighted by atomic mass is 9.99. The van der Waals surface area contributed by atoms with Gasteiger partial charge >= 0.3 is 0 Å². The van der Waals surface area contributed by atoms with E-state index in [1.54, 1.807) is 19.1 Å². The van der Waals surface area contributed by atoms with Crippen molar-refractivity contribution in [3.05, 3.63) is 64.1 Å². The SMILES string of the molecule is Cc1cc(OCC(=O)NNC(=S)NCc2ccccc2)c(C(C)C)cc1N=O. The highest BCUT2D eigenvalue weighted by atomic mass is 32.1. The summed E-state index contributed by atoms with van der Waals surface area (Å²) in [7, 11) is 0. The number of nitrogens with one attached hydrogen (secondary N) is 3.